The first-order valence-corrected chi connectivity index (χ1v) is 9.07. The van der Waals surface area contributed by atoms with Gasteiger partial charge in [0.25, 0.3) is 0 Å². The van der Waals surface area contributed by atoms with Crippen molar-refractivity contribution in [1.82, 2.24) is 0 Å². The highest BCUT2D eigenvalue weighted by Crippen LogP contribution is 2.40. The van der Waals surface area contributed by atoms with E-state index in [9.17, 15) is 0 Å². The molecule has 0 amide bonds. The van der Waals surface area contributed by atoms with Crippen LogP contribution in [0, 0.1) is 0 Å². The van der Waals surface area contributed by atoms with Crippen molar-refractivity contribution < 1.29 is 0 Å². The predicted octanol–water partition coefficient (Wildman–Crippen LogP) is 7.25. The number of rotatable bonds is 1. The van der Waals surface area contributed by atoms with Crippen LogP contribution in [0.2, 0.25) is 0 Å². The second-order valence-corrected chi connectivity index (χ2v) is 10.1. The van der Waals surface area contributed by atoms with Crippen molar-refractivity contribution in [1.29, 1.82) is 0 Å². The summed E-state index contributed by atoms with van der Waals surface area (Å²) in [4.78, 5) is 0. The third-order valence-electron chi connectivity index (χ3n) is 4.72. The van der Waals surface area contributed by atoms with Crippen molar-refractivity contribution in [2.45, 2.75) is 78.6 Å². The van der Waals surface area contributed by atoms with Crippen LogP contribution in [0.3, 0.4) is 0 Å². The van der Waals surface area contributed by atoms with Crippen LogP contribution in [0.4, 0.5) is 0 Å². The molecule has 0 unspecified atom stereocenters. The summed E-state index contributed by atoms with van der Waals surface area (Å²) >= 11 is 0. The Morgan fingerprint density at radius 1 is 0.500 bits per heavy atom. The molecule has 2 rings (SSSR count). The van der Waals surface area contributed by atoms with E-state index in [-0.39, 0.29) is 16.2 Å². The Morgan fingerprint density at radius 2 is 0.917 bits per heavy atom. The molecule has 0 spiro atoms. The largest absolute Gasteiger partial charge is 0.0616 e. The van der Waals surface area contributed by atoms with Crippen molar-refractivity contribution in [3.05, 3.63) is 59.2 Å². The lowest BCUT2D eigenvalue weighted by molar-refractivity contribution is 0.571. The summed E-state index contributed by atoms with van der Waals surface area (Å²) in [6.07, 6.45) is 0. The van der Waals surface area contributed by atoms with Gasteiger partial charge in [0.15, 0.2) is 0 Å². The first-order chi connectivity index (χ1) is 10.8. The molecule has 0 bridgehead atoms. The van der Waals surface area contributed by atoms with Crippen LogP contribution in [0.25, 0.3) is 11.1 Å². The van der Waals surface area contributed by atoms with E-state index in [1.165, 1.54) is 27.8 Å². The molecule has 0 saturated carbocycles. The Bertz CT molecular complexity index is 663. The minimum absolute atomic E-state index is 0.124. The van der Waals surface area contributed by atoms with Gasteiger partial charge < -0.3 is 0 Å². The zero-order valence-corrected chi connectivity index (χ0v) is 17.0. The fraction of sp³-hybridized carbons (Fsp3) is 0.500. The third-order valence-corrected chi connectivity index (χ3v) is 4.72. The predicted molar refractivity (Wildman–Crippen MR) is 108 cm³/mol. The molecule has 0 radical (unpaired) electrons. The van der Waals surface area contributed by atoms with Gasteiger partial charge >= 0.3 is 0 Å². The summed E-state index contributed by atoms with van der Waals surface area (Å²) < 4.78 is 0. The Balaban J connectivity index is 2.72. The Kier molecular flexibility index (Phi) is 4.74. The zero-order chi connectivity index (χ0) is 18.3. The molecule has 0 aliphatic rings. The fourth-order valence-electron chi connectivity index (χ4n) is 3.25. The van der Waals surface area contributed by atoms with Crippen molar-refractivity contribution in [2.75, 3.05) is 0 Å². The number of hydrogen-bond acceptors (Lipinski definition) is 0. The standard InChI is InChI=1S/C24H34/c1-22(2,3)18-15-13-17(14-16-18)21-19(23(4,5)6)11-10-12-20(21)24(7,8)9/h10-16H,1-9H3. The van der Waals surface area contributed by atoms with Gasteiger partial charge in [0.05, 0.1) is 0 Å². The Hall–Kier alpha value is -1.56. The maximum atomic E-state index is 2.31. The van der Waals surface area contributed by atoms with Crippen molar-refractivity contribution >= 4 is 0 Å². The summed E-state index contributed by atoms with van der Waals surface area (Å²) in [6, 6.07) is 16.0. The lowest BCUT2D eigenvalue weighted by atomic mass is 9.74. The van der Waals surface area contributed by atoms with Crippen molar-refractivity contribution in [2.24, 2.45) is 0 Å². The summed E-state index contributed by atoms with van der Waals surface area (Å²) in [5.74, 6) is 0. The monoisotopic (exact) mass is 322 g/mol. The van der Waals surface area contributed by atoms with E-state index in [4.69, 9.17) is 0 Å². The van der Waals surface area contributed by atoms with Crippen LogP contribution in [0.1, 0.15) is 79.0 Å². The van der Waals surface area contributed by atoms with Crippen molar-refractivity contribution in [3.8, 4) is 11.1 Å². The minimum atomic E-state index is 0.124. The highest BCUT2D eigenvalue weighted by molar-refractivity contribution is 5.74. The second kappa shape index (κ2) is 6.06. The molecule has 0 aromatic heterocycles. The Morgan fingerprint density at radius 3 is 1.25 bits per heavy atom. The highest BCUT2D eigenvalue weighted by atomic mass is 14.3. The molecular formula is C24H34. The van der Waals surface area contributed by atoms with Gasteiger partial charge in [0, 0.05) is 0 Å². The lowest BCUT2D eigenvalue weighted by Gasteiger charge is -2.30. The van der Waals surface area contributed by atoms with Crippen LogP contribution in [0.5, 0.6) is 0 Å². The van der Waals surface area contributed by atoms with Gasteiger partial charge in [0.2, 0.25) is 0 Å². The van der Waals surface area contributed by atoms with E-state index in [1.807, 2.05) is 0 Å². The molecule has 2 aromatic carbocycles. The summed E-state index contributed by atoms with van der Waals surface area (Å²) in [6.45, 7) is 20.7. The van der Waals surface area contributed by atoms with Crippen LogP contribution in [-0.2, 0) is 16.2 Å². The summed E-state index contributed by atoms with van der Waals surface area (Å²) in [7, 11) is 0. The van der Waals surface area contributed by atoms with E-state index in [0.717, 1.165) is 0 Å². The fourth-order valence-corrected chi connectivity index (χ4v) is 3.25. The van der Waals surface area contributed by atoms with Gasteiger partial charge in [-0.1, -0.05) is 105 Å². The first-order valence-electron chi connectivity index (χ1n) is 9.07. The SMILES string of the molecule is CC(C)(C)c1ccc(-c2c(C(C)(C)C)cccc2C(C)(C)C)cc1. The molecular weight excluding hydrogens is 288 g/mol. The average Bonchev–Trinajstić information content (AvgIpc) is 2.44. The number of hydrogen-bond donors (Lipinski definition) is 0. The molecule has 0 aliphatic heterocycles. The maximum Gasteiger partial charge on any atom is -0.0109 e. The topological polar surface area (TPSA) is 0 Å². The third kappa shape index (κ3) is 3.91. The van der Waals surface area contributed by atoms with E-state index < -0.39 is 0 Å². The van der Waals surface area contributed by atoms with Gasteiger partial charge in [-0.3, -0.25) is 0 Å². The summed E-state index contributed by atoms with van der Waals surface area (Å²) in [5, 5.41) is 0. The molecule has 24 heavy (non-hydrogen) atoms. The van der Waals surface area contributed by atoms with Gasteiger partial charge in [-0.25, -0.2) is 0 Å². The Labute approximate surface area is 149 Å². The molecule has 0 aliphatic carbocycles. The quantitative estimate of drug-likeness (QED) is 0.519. The van der Waals surface area contributed by atoms with Crippen LogP contribution < -0.4 is 0 Å². The van der Waals surface area contributed by atoms with Crippen LogP contribution in [0.15, 0.2) is 42.5 Å². The van der Waals surface area contributed by atoms with Crippen LogP contribution >= 0.6 is 0 Å². The molecule has 0 atom stereocenters. The molecule has 0 fully saturated rings. The van der Waals surface area contributed by atoms with Crippen molar-refractivity contribution in [3.63, 3.8) is 0 Å². The van der Waals surface area contributed by atoms with Crippen LogP contribution in [-0.4, -0.2) is 0 Å². The lowest BCUT2D eigenvalue weighted by Crippen LogP contribution is -2.19. The van der Waals surface area contributed by atoms with Gasteiger partial charge in [0.1, 0.15) is 0 Å². The van der Waals surface area contributed by atoms with E-state index in [2.05, 4.69) is 105 Å². The molecule has 0 nitrogen and oxygen atoms in total. The normalized spacial score (nSPS) is 13.2. The smallest absolute Gasteiger partial charge is 0.0109 e. The molecule has 0 heteroatoms. The van der Waals surface area contributed by atoms with E-state index in [1.54, 1.807) is 0 Å². The average molecular weight is 323 g/mol. The second-order valence-electron chi connectivity index (χ2n) is 10.1. The maximum absolute atomic E-state index is 2.31. The number of benzene rings is 2. The van der Waals surface area contributed by atoms with Gasteiger partial charge in [-0.2, -0.15) is 0 Å². The van der Waals surface area contributed by atoms with Gasteiger partial charge in [-0.05, 0) is 44.1 Å². The first kappa shape index (κ1) is 18.8. The molecule has 2 aromatic rings. The molecule has 130 valence electrons. The van der Waals surface area contributed by atoms with Gasteiger partial charge in [-0.15, -0.1) is 0 Å². The summed E-state index contributed by atoms with van der Waals surface area (Å²) in [5.41, 5.74) is 7.43. The molecule has 0 N–H and O–H groups in total. The highest BCUT2D eigenvalue weighted by Gasteiger charge is 2.26. The molecule has 0 heterocycles. The minimum Gasteiger partial charge on any atom is -0.0616 e. The molecule has 0 saturated heterocycles. The van der Waals surface area contributed by atoms with E-state index >= 15 is 0 Å². The zero-order valence-electron chi connectivity index (χ0n) is 17.0. The van der Waals surface area contributed by atoms with E-state index in [0.29, 0.717) is 0 Å².